The first-order valence-electron chi connectivity index (χ1n) is 8.51. The van der Waals surface area contributed by atoms with Crippen LogP contribution in [0.4, 0.5) is 5.82 Å². The molecule has 1 aliphatic heterocycles. The Hall–Kier alpha value is -2.63. The second kappa shape index (κ2) is 6.47. The molecule has 3 aromatic rings. The Morgan fingerprint density at radius 2 is 2.00 bits per heavy atom. The molecule has 2 aromatic heterocycles. The number of aryl methyl sites for hydroxylation is 1. The molecular weight excluding hydrogens is 302 g/mol. The molecule has 0 N–H and O–H groups in total. The molecule has 3 heterocycles. The molecule has 1 aromatic carbocycles. The number of fused-ring (bicyclic) bond motifs is 1. The maximum atomic E-state index is 5.96. The number of rotatable bonds is 5. The van der Waals surface area contributed by atoms with Gasteiger partial charge < -0.3 is 9.64 Å². The highest BCUT2D eigenvalue weighted by molar-refractivity contribution is 5.47. The van der Waals surface area contributed by atoms with E-state index in [9.17, 15) is 0 Å². The van der Waals surface area contributed by atoms with Crippen molar-refractivity contribution < 1.29 is 4.74 Å². The Morgan fingerprint density at radius 3 is 2.83 bits per heavy atom. The molecule has 0 unspecified atom stereocenters. The van der Waals surface area contributed by atoms with Crippen molar-refractivity contribution in [2.45, 2.75) is 32.2 Å². The third-order valence-electron chi connectivity index (χ3n) is 4.49. The average molecular weight is 323 g/mol. The van der Waals surface area contributed by atoms with Crippen molar-refractivity contribution in [2.24, 2.45) is 0 Å². The smallest absolute Gasteiger partial charge is 0.178 e. The molecule has 0 spiro atoms. The van der Waals surface area contributed by atoms with Gasteiger partial charge in [-0.1, -0.05) is 25.1 Å². The van der Waals surface area contributed by atoms with E-state index in [1.54, 1.807) is 0 Å². The molecule has 6 heteroatoms. The van der Waals surface area contributed by atoms with Gasteiger partial charge in [-0.25, -0.2) is 0 Å². The lowest BCUT2D eigenvalue weighted by Crippen LogP contribution is -2.35. The molecule has 4 rings (SSSR count). The van der Waals surface area contributed by atoms with Crippen LogP contribution in [0.15, 0.2) is 42.5 Å². The molecule has 0 saturated carbocycles. The Labute approximate surface area is 141 Å². The Balaban J connectivity index is 1.53. The molecule has 1 aliphatic rings. The maximum Gasteiger partial charge on any atom is 0.178 e. The Morgan fingerprint density at radius 1 is 1.12 bits per heavy atom. The summed E-state index contributed by atoms with van der Waals surface area (Å²) in [4.78, 5) is 2.34. The van der Waals surface area contributed by atoms with Gasteiger partial charge in [-0.05, 0) is 37.1 Å². The number of aromatic nitrogens is 4. The first kappa shape index (κ1) is 14.9. The molecule has 0 bridgehead atoms. The number of anilines is 1. The number of nitrogens with zero attached hydrogens (tertiary/aromatic N) is 5. The lowest BCUT2D eigenvalue weighted by atomic mass is 10.2. The van der Waals surface area contributed by atoms with Gasteiger partial charge in [-0.15, -0.1) is 15.3 Å². The predicted octanol–water partition coefficient (Wildman–Crippen LogP) is 2.73. The van der Waals surface area contributed by atoms with Gasteiger partial charge in [0, 0.05) is 13.0 Å². The highest BCUT2D eigenvalue weighted by Gasteiger charge is 2.27. The van der Waals surface area contributed by atoms with Crippen LogP contribution in [0.3, 0.4) is 0 Å². The van der Waals surface area contributed by atoms with E-state index in [1.807, 2.05) is 47.0 Å². The first-order chi connectivity index (χ1) is 11.8. The van der Waals surface area contributed by atoms with E-state index >= 15 is 0 Å². The third kappa shape index (κ3) is 2.79. The quantitative estimate of drug-likeness (QED) is 0.722. The largest absolute Gasteiger partial charge is 0.491 e. The zero-order valence-corrected chi connectivity index (χ0v) is 13.8. The van der Waals surface area contributed by atoms with Crippen LogP contribution < -0.4 is 9.64 Å². The number of benzene rings is 1. The summed E-state index contributed by atoms with van der Waals surface area (Å²) in [6.07, 6.45) is 3.10. The predicted molar refractivity (Wildman–Crippen MR) is 92.5 cm³/mol. The van der Waals surface area contributed by atoms with Crippen LogP contribution in [-0.2, 0) is 6.42 Å². The standard InChI is InChI=1S/C18H21N5O/c1-2-16-19-20-17-10-11-18(21-23(16)17)22-12-6-7-14(22)13-24-15-8-4-3-5-9-15/h3-5,8-11,14H,2,6-7,12-13H2,1H3/t14-/m1/s1. The van der Waals surface area contributed by atoms with Gasteiger partial charge in [-0.2, -0.15) is 4.52 Å². The van der Waals surface area contributed by atoms with Crippen LogP contribution in [0, 0.1) is 0 Å². The minimum Gasteiger partial charge on any atom is -0.491 e. The lowest BCUT2D eigenvalue weighted by molar-refractivity contribution is 0.288. The Bertz CT molecular complexity index is 817. The van der Waals surface area contributed by atoms with Gasteiger partial charge in [0.15, 0.2) is 11.5 Å². The van der Waals surface area contributed by atoms with Crippen LogP contribution in [0.1, 0.15) is 25.6 Å². The molecule has 0 amide bonds. The summed E-state index contributed by atoms with van der Waals surface area (Å²) in [6, 6.07) is 14.3. The maximum absolute atomic E-state index is 5.96. The van der Waals surface area contributed by atoms with Crippen LogP contribution >= 0.6 is 0 Å². The van der Waals surface area contributed by atoms with E-state index in [0.717, 1.165) is 48.8 Å². The summed E-state index contributed by atoms with van der Waals surface area (Å²) in [7, 11) is 0. The number of hydrogen-bond donors (Lipinski definition) is 0. The molecule has 24 heavy (non-hydrogen) atoms. The monoisotopic (exact) mass is 323 g/mol. The van der Waals surface area contributed by atoms with E-state index in [-0.39, 0.29) is 0 Å². The van der Waals surface area contributed by atoms with Crippen molar-refractivity contribution in [1.29, 1.82) is 0 Å². The molecule has 1 atom stereocenters. The summed E-state index contributed by atoms with van der Waals surface area (Å²) in [5, 5.41) is 13.1. The molecule has 0 aliphatic carbocycles. The van der Waals surface area contributed by atoms with E-state index < -0.39 is 0 Å². The van der Waals surface area contributed by atoms with E-state index in [0.29, 0.717) is 12.6 Å². The highest BCUT2D eigenvalue weighted by atomic mass is 16.5. The normalized spacial score (nSPS) is 17.5. The van der Waals surface area contributed by atoms with Crippen molar-refractivity contribution >= 4 is 11.5 Å². The fraction of sp³-hybridized carbons (Fsp3) is 0.389. The van der Waals surface area contributed by atoms with Gasteiger partial charge in [0.05, 0.1) is 6.04 Å². The molecule has 6 nitrogen and oxygen atoms in total. The Kier molecular flexibility index (Phi) is 4.02. The second-order valence-electron chi connectivity index (χ2n) is 6.04. The third-order valence-corrected chi connectivity index (χ3v) is 4.49. The van der Waals surface area contributed by atoms with Crippen LogP contribution in [0.5, 0.6) is 5.75 Å². The van der Waals surface area contributed by atoms with Crippen LogP contribution in [0.2, 0.25) is 0 Å². The number of hydrogen-bond acceptors (Lipinski definition) is 5. The van der Waals surface area contributed by atoms with E-state index in [4.69, 9.17) is 9.84 Å². The van der Waals surface area contributed by atoms with Crippen LogP contribution in [0.25, 0.3) is 5.65 Å². The van der Waals surface area contributed by atoms with Gasteiger partial charge in [0.2, 0.25) is 0 Å². The number of para-hydroxylation sites is 1. The van der Waals surface area contributed by atoms with Crippen molar-refractivity contribution in [3.05, 3.63) is 48.3 Å². The summed E-state index contributed by atoms with van der Waals surface area (Å²) < 4.78 is 7.81. The number of ether oxygens (including phenoxy) is 1. The van der Waals surface area contributed by atoms with Crippen molar-refractivity contribution in [3.63, 3.8) is 0 Å². The highest BCUT2D eigenvalue weighted by Crippen LogP contribution is 2.25. The van der Waals surface area contributed by atoms with Gasteiger partial charge in [0.1, 0.15) is 18.2 Å². The molecule has 0 radical (unpaired) electrons. The molecule has 124 valence electrons. The van der Waals surface area contributed by atoms with Crippen LogP contribution in [-0.4, -0.2) is 39.0 Å². The van der Waals surface area contributed by atoms with Gasteiger partial charge >= 0.3 is 0 Å². The van der Waals surface area contributed by atoms with E-state index in [1.165, 1.54) is 0 Å². The summed E-state index contributed by atoms with van der Waals surface area (Å²) >= 11 is 0. The molecule has 1 saturated heterocycles. The second-order valence-corrected chi connectivity index (χ2v) is 6.04. The van der Waals surface area contributed by atoms with Gasteiger partial charge in [-0.3, -0.25) is 0 Å². The minimum atomic E-state index is 0.344. The summed E-state index contributed by atoms with van der Waals surface area (Å²) in [6.45, 7) is 3.74. The molecular formula is C18H21N5O. The van der Waals surface area contributed by atoms with Gasteiger partial charge in [0.25, 0.3) is 0 Å². The summed E-state index contributed by atoms with van der Waals surface area (Å²) in [5.41, 5.74) is 0.798. The minimum absolute atomic E-state index is 0.344. The van der Waals surface area contributed by atoms with E-state index in [2.05, 4.69) is 22.0 Å². The summed E-state index contributed by atoms with van der Waals surface area (Å²) in [5.74, 6) is 2.78. The SMILES string of the molecule is CCc1nnc2ccc(N3CCC[C@@H]3COc3ccccc3)nn12. The fourth-order valence-electron chi connectivity index (χ4n) is 3.22. The first-order valence-corrected chi connectivity index (χ1v) is 8.51. The lowest BCUT2D eigenvalue weighted by Gasteiger charge is -2.25. The van der Waals surface area contributed by atoms with Crippen molar-refractivity contribution in [1.82, 2.24) is 19.8 Å². The zero-order chi connectivity index (χ0) is 16.4. The zero-order valence-electron chi connectivity index (χ0n) is 13.8. The topological polar surface area (TPSA) is 55.5 Å². The van der Waals surface area contributed by atoms with Crippen molar-refractivity contribution in [3.8, 4) is 5.75 Å². The molecule has 1 fully saturated rings. The fourth-order valence-corrected chi connectivity index (χ4v) is 3.22. The average Bonchev–Trinajstić information content (AvgIpc) is 3.26. The van der Waals surface area contributed by atoms with Crippen molar-refractivity contribution in [2.75, 3.05) is 18.1 Å².